The second-order valence-corrected chi connectivity index (χ2v) is 8.45. The topological polar surface area (TPSA) is 77.8 Å². The Bertz CT molecular complexity index is 836. The number of piperazine rings is 1. The zero-order chi connectivity index (χ0) is 22.6. The Labute approximate surface area is 185 Å². The summed E-state index contributed by atoms with van der Waals surface area (Å²) in [5.41, 5.74) is 0.811. The van der Waals surface area contributed by atoms with Crippen LogP contribution in [0, 0.1) is 0 Å². The zero-order valence-electron chi connectivity index (χ0n) is 19.9. The number of likely N-dealkylation sites (N-methyl/N-ethyl adjacent to an activating group) is 1. The molecule has 0 bridgehead atoms. The minimum atomic E-state index is -0.205. The van der Waals surface area contributed by atoms with E-state index in [2.05, 4.69) is 53.0 Å². The molecule has 1 saturated heterocycles. The van der Waals surface area contributed by atoms with E-state index < -0.39 is 0 Å². The third-order valence-corrected chi connectivity index (χ3v) is 6.40. The van der Waals surface area contributed by atoms with Crippen LogP contribution in [0.4, 0.5) is 0 Å². The monoisotopic (exact) mass is 432 g/mol. The SMILES string of the molecule is CCN1CCN(C(c2cc(OC)c(OC)c(OC)c2)c2nnnn2C(C)(C)CC)CC1. The van der Waals surface area contributed by atoms with Crippen molar-refractivity contribution in [1.29, 1.82) is 0 Å². The van der Waals surface area contributed by atoms with Crippen molar-refractivity contribution in [2.45, 2.75) is 45.7 Å². The van der Waals surface area contributed by atoms with Crippen LogP contribution >= 0.6 is 0 Å². The van der Waals surface area contributed by atoms with Gasteiger partial charge in [-0.2, -0.15) is 0 Å². The fourth-order valence-corrected chi connectivity index (χ4v) is 4.07. The van der Waals surface area contributed by atoms with Crippen molar-refractivity contribution in [3.63, 3.8) is 0 Å². The van der Waals surface area contributed by atoms with E-state index in [9.17, 15) is 0 Å². The van der Waals surface area contributed by atoms with Crippen LogP contribution in [-0.4, -0.2) is 84.1 Å². The predicted octanol–water partition coefficient (Wildman–Crippen LogP) is 2.57. The molecule has 0 amide bonds. The average molecular weight is 433 g/mol. The van der Waals surface area contributed by atoms with Gasteiger partial charge in [-0.1, -0.05) is 13.8 Å². The normalized spacial score (nSPS) is 16.9. The molecule has 1 atom stereocenters. The number of rotatable bonds is 9. The summed E-state index contributed by atoms with van der Waals surface area (Å²) in [4.78, 5) is 4.91. The Morgan fingerprint density at radius 3 is 2.06 bits per heavy atom. The minimum Gasteiger partial charge on any atom is -0.493 e. The first-order valence-electron chi connectivity index (χ1n) is 10.9. The molecule has 2 aromatic rings. The van der Waals surface area contributed by atoms with Crippen LogP contribution in [0.25, 0.3) is 0 Å². The molecule has 1 aromatic heterocycles. The highest BCUT2D eigenvalue weighted by Gasteiger charge is 2.35. The zero-order valence-corrected chi connectivity index (χ0v) is 19.9. The van der Waals surface area contributed by atoms with Crippen LogP contribution in [0.5, 0.6) is 17.2 Å². The maximum Gasteiger partial charge on any atom is 0.203 e. The maximum atomic E-state index is 5.64. The Morgan fingerprint density at radius 2 is 1.58 bits per heavy atom. The lowest BCUT2D eigenvalue weighted by Gasteiger charge is -2.39. The van der Waals surface area contributed by atoms with Crippen LogP contribution in [0.1, 0.15) is 51.5 Å². The maximum absolute atomic E-state index is 5.64. The molecule has 3 rings (SSSR count). The van der Waals surface area contributed by atoms with Gasteiger partial charge in [0.25, 0.3) is 0 Å². The van der Waals surface area contributed by atoms with Crippen LogP contribution in [0.2, 0.25) is 0 Å². The molecular formula is C22H36N6O3. The first kappa shape index (κ1) is 23.3. The highest BCUT2D eigenvalue weighted by molar-refractivity contribution is 5.55. The summed E-state index contributed by atoms with van der Waals surface area (Å²) in [5, 5.41) is 13.0. The number of nitrogens with zero attached hydrogens (tertiary/aromatic N) is 6. The third-order valence-electron chi connectivity index (χ3n) is 6.40. The van der Waals surface area contributed by atoms with Gasteiger partial charge in [-0.05, 0) is 54.9 Å². The predicted molar refractivity (Wildman–Crippen MR) is 119 cm³/mol. The van der Waals surface area contributed by atoms with Crippen molar-refractivity contribution >= 4 is 0 Å². The second kappa shape index (κ2) is 9.82. The molecule has 1 fully saturated rings. The molecule has 0 N–H and O–H groups in total. The number of aromatic nitrogens is 4. The van der Waals surface area contributed by atoms with E-state index in [0.717, 1.165) is 50.5 Å². The van der Waals surface area contributed by atoms with Gasteiger partial charge < -0.3 is 19.1 Å². The fourth-order valence-electron chi connectivity index (χ4n) is 4.07. The van der Waals surface area contributed by atoms with E-state index in [1.54, 1.807) is 21.3 Å². The van der Waals surface area contributed by atoms with Crippen molar-refractivity contribution in [3.05, 3.63) is 23.5 Å². The fraction of sp³-hybridized carbons (Fsp3) is 0.682. The van der Waals surface area contributed by atoms with Crippen molar-refractivity contribution in [1.82, 2.24) is 30.0 Å². The number of hydrogen-bond acceptors (Lipinski definition) is 8. The van der Waals surface area contributed by atoms with E-state index in [1.165, 1.54) is 0 Å². The Hall–Kier alpha value is -2.39. The number of methoxy groups -OCH3 is 3. The van der Waals surface area contributed by atoms with E-state index in [0.29, 0.717) is 17.2 Å². The van der Waals surface area contributed by atoms with Gasteiger partial charge in [0.2, 0.25) is 5.75 Å². The lowest BCUT2D eigenvalue weighted by molar-refractivity contribution is 0.105. The summed E-state index contributed by atoms with van der Waals surface area (Å²) in [6.45, 7) is 13.6. The highest BCUT2D eigenvalue weighted by Crippen LogP contribution is 2.42. The molecule has 31 heavy (non-hydrogen) atoms. The molecule has 9 heteroatoms. The van der Waals surface area contributed by atoms with Crippen LogP contribution in [0.3, 0.4) is 0 Å². The van der Waals surface area contributed by atoms with Crippen molar-refractivity contribution in [3.8, 4) is 17.2 Å². The summed E-state index contributed by atoms with van der Waals surface area (Å²) < 4.78 is 18.8. The molecule has 0 radical (unpaired) electrons. The molecule has 1 unspecified atom stereocenters. The van der Waals surface area contributed by atoms with Crippen LogP contribution < -0.4 is 14.2 Å². The molecule has 0 spiro atoms. The van der Waals surface area contributed by atoms with Crippen molar-refractivity contribution in [2.24, 2.45) is 0 Å². The highest BCUT2D eigenvalue weighted by atomic mass is 16.5. The summed E-state index contributed by atoms with van der Waals surface area (Å²) in [6.07, 6.45) is 0.913. The van der Waals surface area contributed by atoms with Gasteiger partial charge in [0.1, 0.15) is 0 Å². The van der Waals surface area contributed by atoms with Gasteiger partial charge in [-0.25, -0.2) is 4.68 Å². The lowest BCUT2D eigenvalue weighted by Crippen LogP contribution is -2.48. The summed E-state index contributed by atoms with van der Waals surface area (Å²) >= 11 is 0. The summed E-state index contributed by atoms with van der Waals surface area (Å²) in [6, 6.07) is 3.89. The number of ether oxygens (including phenoxy) is 3. The second-order valence-electron chi connectivity index (χ2n) is 8.45. The quantitative estimate of drug-likeness (QED) is 0.598. The van der Waals surface area contributed by atoms with E-state index in [4.69, 9.17) is 14.2 Å². The number of tetrazole rings is 1. The lowest BCUT2D eigenvalue weighted by atomic mass is 9.98. The molecular weight excluding hydrogens is 396 g/mol. The molecule has 9 nitrogen and oxygen atoms in total. The molecule has 172 valence electrons. The van der Waals surface area contributed by atoms with Crippen LogP contribution in [0.15, 0.2) is 12.1 Å². The standard InChI is InChI=1S/C22H36N6O3/c1-8-22(3,4)28-21(23-24-25-28)19(27-12-10-26(9-2)11-13-27)16-14-17(29-5)20(31-7)18(15-16)30-6/h14-15,19H,8-13H2,1-7H3. The van der Waals surface area contributed by atoms with E-state index in [1.807, 2.05) is 16.8 Å². The summed E-state index contributed by atoms with van der Waals surface area (Å²) in [7, 11) is 4.90. The van der Waals surface area contributed by atoms with E-state index >= 15 is 0 Å². The summed E-state index contributed by atoms with van der Waals surface area (Å²) in [5.74, 6) is 2.66. The van der Waals surface area contributed by atoms with Crippen molar-refractivity contribution in [2.75, 3.05) is 54.1 Å². The van der Waals surface area contributed by atoms with Crippen molar-refractivity contribution < 1.29 is 14.2 Å². The Balaban J connectivity index is 2.14. The molecule has 1 aliphatic rings. The number of benzene rings is 1. The Morgan fingerprint density at radius 1 is 0.968 bits per heavy atom. The van der Waals surface area contributed by atoms with Gasteiger partial charge >= 0.3 is 0 Å². The molecule has 0 saturated carbocycles. The van der Waals surface area contributed by atoms with Gasteiger partial charge in [-0.3, -0.25) is 4.90 Å². The van der Waals surface area contributed by atoms with Gasteiger partial charge in [-0.15, -0.1) is 5.10 Å². The van der Waals surface area contributed by atoms with Gasteiger partial charge in [0.05, 0.1) is 32.9 Å². The van der Waals surface area contributed by atoms with E-state index in [-0.39, 0.29) is 11.6 Å². The minimum absolute atomic E-state index is 0.131. The van der Waals surface area contributed by atoms with Gasteiger partial charge in [0.15, 0.2) is 17.3 Å². The average Bonchev–Trinajstić information content (AvgIpc) is 3.29. The Kier molecular flexibility index (Phi) is 7.38. The third kappa shape index (κ3) is 4.62. The molecule has 2 heterocycles. The number of hydrogen-bond donors (Lipinski definition) is 0. The first-order chi connectivity index (χ1) is 14.9. The first-order valence-corrected chi connectivity index (χ1v) is 10.9. The molecule has 1 aliphatic heterocycles. The smallest absolute Gasteiger partial charge is 0.203 e. The van der Waals surface area contributed by atoms with Crippen LogP contribution in [-0.2, 0) is 5.54 Å². The van der Waals surface area contributed by atoms with Gasteiger partial charge in [0, 0.05) is 26.2 Å². The molecule has 1 aromatic carbocycles. The largest absolute Gasteiger partial charge is 0.493 e. The molecule has 0 aliphatic carbocycles.